The predicted molar refractivity (Wildman–Crippen MR) is 402 cm³/mol. The standard InChI is InChI=1S/2C21H22N4O4.C15H14N4O2.C7H7ClO2S.C7H12O2.C6H10O3/c2*1-12-5-4-6-16(22-12)20(26)23-18-9-14-11-25(24-17(14)10-19(18)28-2)15-7-13(8-15)21(27)29-3;1-9-4-3-5-11(17-9)15(20)18-13-6-10-8-16-19-12(10)7-14(13)21-2;1-6-2-4-7(5-3-6)11(8,9)10;1-5-3-6(4-5)7(8)9-2;1-9-6(8)4-2-5(7)3-4/h2*4-6,9-11,13,15H,7-8H2,1-3H3,(H,23,26);3-8H,1-2H3,(H,16,19)(H,18,20);2-5H,1H3;5-6H,3-4H2,1-2H3;4-5,7H,2-3H2,1H3. The van der Waals surface area contributed by atoms with Crippen LogP contribution in [0.2, 0.25) is 0 Å². The summed E-state index contributed by atoms with van der Waals surface area (Å²) >= 11 is 0. The van der Waals surface area contributed by atoms with Crippen LogP contribution in [-0.2, 0) is 47.2 Å². The topological polar surface area (TPSA) is 378 Å². The lowest BCUT2D eigenvalue weighted by molar-refractivity contribution is -0.152. The fraction of sp³-hybridized carbons (Fsp3) is 0.364. The van der Waals surface area contributed by atoms with Crippen molar-refractivity contribution in [3.63, 3.8) is 0 Å². The number of rotatable bonds is 16. The molecule has 0 radical (unpaired) electrons. The number of methoxy groups -OCH3 is 7. The van der Waals surface area contributed by atoms with Gasteiger partial charge in [0.25, 0.3) is 26.8 Å². The van der Waals surface area contributed by atoms with Crippen molar-refractivity contribution in [3.05, 3.63) is 174 Å². The molecule has 4 fully saturated rings. The van der Waals surface area contributed by atoms with Gasteiger partial charge in [0.1, 0.15) is 34.3 Å². The van der Waals surface area contributed by atoms with E-state index in [4.69, 9.17) is 39.5 Å². The fourth-order valence-corrected chi connectivity index (χ4v) is 12.9. The maximum absolute atomic E-state index is 12.6. The Morgan fingerprint density at radius 1 is 0.481 bits per heavy atom. The van der Waals surface area contributed by atoms with Crippen LogP contribution >= 0.6 is 10.7 Å². The molecule has 29 nitrogen and oxygen atoms in total. The van der Waals surface area contributed by atoms with Crippen molar-refractivity contribution in [1.29, 1.82) is 0 Å². The first-order chi connectivity index (χ1) is 51.6. The van der Waals surface area contributed by atoms with Gasteiger partial charge in [-0.1, -0.05) is 42.8 Å². The van der Waals surface area contributed by atoms with E-state index < -0.39 is 9.05 Å². The Balaban J connectivity index is 0.000000159. The number of anilines is 3. The van der Waals surface area contributed by atoms with Crippen LogP contribution in [0.1, 0.15) is 124 Å². The molecule has 3 amide bonds. The summed E-state index contributed by atoms with van der Waals surface area (Å²) in [4.78, 5) is 94.8. The third-order valence-corrected chi connectivity index (χ3v) is 19.8. The number of aliphatic hydroxyl groups excluding tert-OH is 1. The summed E-state index contributed by atoms with van der Waals surface area (Å²) in [7, 11) is 11.8. The molecule has 4 aliphatic rings. The molecule has 0 bridgehead atoms. The Hall–Kier alpha value is -11.4. The summed E-state index contributed by atoms with van der Waals surface area (Å²) in [5.41, 5.74) is 8.43. The van der Waals surface area contributed by atoms with Crippen LogP contribution in [-0.4, -0.2) is 156 Å². The number of fused-ring (bicyclic) bond motifs is 3. The molecule has 108 heavy (non-hydrogen) atoms. The highest BCUT2D eigenvalue weighted by molar-refractivity contribution is 8.13. The van der Waals surface area contributed by atoms with Crippen LogP contribution < -0.4 is 30.2 Å². The molecule has 4 saturated carbocycles. The second kappa shape index (κ2) is 36.8. The Labute approximate surface area is 628 Å². The lowest BCUT2D eigenvalue weighted by atomic mass is 9.76. The van der Waals surface area contributed by atoms with E-state index in [-0.39, 0.29) is 88.4 Å². The predicted octanol–water partition coefficient (Wildman–Crippen LogP) is 11.8. The number of amides is 3. The number of esters is 4. The largest absolute Gasteiger partial charge is 0.494 e. The number of aromatic nitrogens is 9. The lowest BCUT2D eigenvalue weighted by Gasteiger charge is -2.33. The second-order valence-corrected chi connectivity index (χ2v) is 29.0. The van der Waals surface area contributed by atoms with Gasteiger partial charge >= 0.3 is 23.9 Å². The third-order valence-electron chi connectivity index (χ3n) is 18.5. The SMILES string of the molecule is COC(=O)C1CC(C)C1.COC(=O)C1CC(O)C1.COC(=O)C1CC(n2cc3cc(NC(=O)c4cccc(C)n4)c(OC)cc3n2)C1.COC(=O)C1CC(n2cc3cc(NC(=O)c4cccc(C)n4)c(OC)cc3n2)C1.COc1cc2[nH]ncc2cc1NC(=O)c1cccc(C)n1.Cc1ccc(S(=O)(=O)Cl)cc1. The average Bonchev–Trinajstić information content (AvgIpc) is 1.63. The van der Waals surface area contributed by atoms with E-state index in [1.807, 2.05) is 85.9 Å². The summed E-state index contributed by atoms with van der Waals surface area (Å²) in [6.07, 6.45) is 11.3. The van der Waals surface area contributed by atoms with Crippen molar-refractivity contribution >= 4 is 111 Å². The van der Waals surface area contributed by atoms with E-state index in [2.05, 4.69) is 67.7 Å². The van der Waals surface area contributed by atoms with Crippen molar-refractivity contribution in [2.75, 3.05) is 65.7 Å². The number of aryl methyl sites for hydroxylation is 4. The van der Waals surface area contributed by atoms with Gasteiger partial charge in [-0.25, -0.2) is 23.4 Å². The van der Waals surface area contributed by atoms with Gasteiger partial charge < -0.3 is 54.2 Å². The fourth-order valence-electron chi connectivity index (χ4n) is 12.1. The van der Waals surface area contributed by atoms with Gasteiger partial charge in [0.15, 0.2) is 0 Å². The zero-order valence-corrected chi connectivity index (χ0v) is 63.4. The van der Waals surface area contributed by atoms with Crippen molar-refractivity contribution in [1.82, 2.24) is 44.7 Å². The van der Waals surface area contributed by atoms with Crippen LogP contribution in [0.5, 0.6) is 17.2 Å². The molecule has 14 rings (SSSR count). The highest BCUT2D eigenvalue weighted by Gasteiger charge is 2.39. The highest BCUT2D eigenvalue weighted by Crippen LogP contribution is 2.42. The molecule has 0 atom stereocenters. The minimum atomic E-state index is -3.55. The first-order valence-electron chi connectivity index (χ1n) is 34.5. The van der Waals surface area contributed by atoms with E-state index in [1.165, 1.54) is 40.6 Å². The number of nitrogens with one attached hydrogen (secondary N) is 4. The summed E-state index contributed by atoms with van der Waals surface area (Å²) in [5, 5.41) is 36.0. The first-order valence-corrected chi connectivity index (χ1v) is 36.8. The Bertz CT molecular complexity index is 4780. The normalized spacial score (nSPS) is 18.5. The monoisotopic (exact) mass is 1520 g/mol. The molecular formula is C77H87ClN12O17S. The molecule has 0 aliphatic heterocycles. The number of H-pyrrole nitrogens is 1. The summed E-state index contributed by atoms with van der Waals surface area (Å²) in [6, 6.07) is 33.5. The molecule has 4 aromatic carbocycles. The van der Waals surface area contributed by atoms with Crippen molar-refractivity contribution < 1.29 is 80.2 Å². The number of halogens is 1. The smallest absolute Gasteiger partial charge is 0.308 e. The van der Waals surface area contributed by atoms with Gasteiger partial charge in [-0.3, -0.25) is 48.0 Å². The maximum Gasteiger partial charge on any atom is 0.308 e. The van der Waals surface area contributed by atoms with Crippen LogP contribution in [0.4, 0.5) is 17.1 Å². The number of hydrogen-bond acceptors (Lipinski definition) is 23. The number of hydrogen-bond donors (Lipinski definition) is 5. The number of carbonyl (C=O) groups excluding carboxylic acids is 7. The summed E-state index contributed by atoms with van der Waals surface area (Å²) < 4.78 is 60.0. The van der Waals surface area contributed by atoms with Gasteiger partial charge in [0, 0.05) is 74.5 Å². The number of pyridine rings is 3. The van der Waals surface area contributed by atoms with E-state index >= 15 is 0 Å². The van der Waals surface area contributed by atoms with Crippen LogP contribution in [0.3, 0.4) is 0 Å². The van der Waals surface area contributed by atoms with E-state index in [0.29, 0.717) is 89.9 Å². The van der Waals surface area contributed by atoms with Gasteiger partial charge in [-0.05, 0) is 152 Å². The molecule has 10 aromatic rings. The first kappa shape index (κ1) is 80.7. The Morgan fingerprint density at radius 3 is 1.17 bits per heavy atom. The number of nitrogens with zero attached hydrogens (tertiary/aromatic N) is 8. The lowest BCUT2D eigenvalue weighted by Crippen LogP contribution is -2.34. The summed E-state index contributed by atoms with van der Waals surface area (Å²) in [6.45, 7) is 9.55. The van der Waals surface area contributed by atoms with Crippen LogP contribution in [0.15, 0.2) is 139 Å². The van der Waals surface area contributed by atoms with Gasteiger partial charge in [0.05, 0.1) is 136 Å². The quantitative estimate of drug-likeness (QED) is 0.0341. The molecule has 0 unspecified atom stereocenters. The van der Waals surface area contributed by atoms with E-state index in [0.717, 1.165) is 74.1 Å². The van der Waals surface area contributed by atoms with Crippen molar-refractivity contribution in [3.8, 4) is 17.2 Å². The molecule has 0 spiro atoms. The average molecular weight is 1520 g/mol. The minimum Gasteiger partial charge on any atom is -0.494 e. The molecular weight excluding hydrogens is 1430 g/mol. The number of aromatic amines is 1. The maximum atomic E-state index is 12.6. The van der Waals surface area contributed by atoms with Gasteiger partial charge in [0.2, 0.25) is 0 Å². The Kier molecular flexibility index (Phi) is 27.5. The van der Waals surface area contributed by atoms with E-state index in [1.54, 1.807) is 94.3 Å². The van der Waals surface area contributed by atoms with E-state index in [9.17, 15) is 42.0 Å². The van der Waals surface area contributed by atoms with Gasteiger partial charge in [-0.15, -0.1) is 0 Å². The Morgan fingerprint density at radius 2 is 0.833 bits per heavy atom. The molecule has 6 aromatic heterocycles. The second-order valence-electron chi connectivity index (χ2n) is 26.4. The molecule has 31 heteroatoms. The molecule has 6 heterocycles. The highest BCUT2D eigenvalue weighted by atomic mass is 35.7. The summed E-state index contributed by atoms with van der Waals surface area (Å²) in [5.74, 6) is 0.910. The number of aliphatic hydroxyl groups is 1. The molecule has 5 N–H and O–H groups in total. The van der Waals surface area contributed by atoms with Crippen LogP contribution in [0, 0.1) is 57.3 Å². The molecule has 4 aliphatic carbocycles. The van der Waals surface area contributed by atoms with Gasteiger partial charge in [-0.2, -0.15) is 15.3 Å². The third kappa shape index (κ3) is 21.0. The zero-order valence-electron chi connectivity index (χ0n) is 61.8. The number of ether oxygens (including phenoxy) is 7. The van der Waals surface area contributed by atoms with Crippen LogP contribution in [0.25, 0.3) is 32.7 Å². The number of carbonyl (C=O) groups is 7. The number of benzene rings is 4. The van der Waals surface area contributed by atoms with Crippen molar-refractivity contribution in [2.45, 2.75) is 109 Å². The molecule has 570 valence electrons. The molecule has 0 saturated heterocycles. The minimum absolute atomic E-state index is 0.0342. The zero-order chi connectivity index (χ0) is 78.1. The van der Waals surface area contributed by atoms with Crippen molar-refractivity contribution in [2.24, 2.45) is 29.6 Å².